The molecule has 0 spiro atoms. The van der Waals surface area contributed by atoms with Crippen LogP contribution in [0.2, 0.25) is 0 Å². The second-order valence-electron chi connectivity index (χ2n) is 10.6. The first-order chi connectivity index (χ1) is 17.9. The predicted molar refractivity (Wildman–Crippen MR) is 151 cm³/mol. The maximum atomic E-state index is 13.9. The van der Waals surface area contributed by atoms with Gasteiger partial charge in [-0.15, -0.1) is 0 Å². The van der Waals surface area contributed by atoms with Crippen molar-refractivity contribution in [2.24, 2.45) is 5.92 Å². The number of aryl methyl sites for hydroxylation is 1. The summed E-state index contributed by atoms with van der Waals surface area (Å²) in [6, 6.07) is 12.6. The molecule has 1 heterocycles. The van der Waals surface area contributed by atoms with Crippen molar-refractivity contribution in [2.45, 2.75) is 86.4 Å². The highest BCUT2D eigenvalue weighted by Gasteiger charge is 2.21. The summed E-state index contributed by atoms with van der Waals surface area (Å²) in [4.78, 5) is 22.8. The van der Waals surface area contributed by atoms with Crippen molar-refractivity contribution < 1.29 is 9.18 Å². The molecule has 5 nitrogen and oxygen atoms in total. The molecule has 1 aromatic heterocycles. The number of halogens is 1. The minimum atomic E-state index is -0.395. The van der Waals surface area contributed by atoms with Gasteiger partial charge in [-0.05, 0) is 74.2 Å². The number of fused-ring (bicyclic) bond motifs is 1. The van der Waals surface area contributed by atoms with Crippen molar-refractivity contribution in [1.82, 2.24) is 19.4 Å². The molecule has 2 aromatic carbocycles. The monoisotopic (exact) mass is 508 g/mol. The number of benzene rings is 2. The lowest BCUT2D eigenvalue weighted by Crippen LogP contribution is -2.34. The quantitative estimate of drug-likeness (QED) is 0.216. The highest BCUT2D eigenvalue weighted by molar-refractivity contribution is 5.94. The Balaban J connectivity index is 1.90. The number of hydrogen-bond acceptors (Lipinski definition) is 3. The van der Waals surface area contributed by atoms with E-state index in [4.69, 9.17) is 4.98 Å². The Morgan fingerprint density at radius 3 is 2.32 bits per heavy atom. The van der Waals surface area contributed by atoms with E-state index in [9.17, 15) is 9.18 Å². The summed E-state index contributed by atoms with van der Waals surface area (Å²) in [5.41, 5.74) is 3.74. The highest BCUT2D eigenvalue weighted by Crippen LogP contribution is 2.22. The van der Waals surface area contributed by atoms with Crippen molar-refractivity contribution in [3.63, 3.8) is 0 Å². The molecular weight excluding hydrogens is 463 g/mol. The minimum Gasteiger partial charge on any atom is -0.331 e. The summed E-state index contributed by atoms with van der Waals surface area (Å²) in [5, 5.41) is 0. The van der Waals surface area contributed by atoms with Crippen molar-refractivity contribution >= 4 is 16.9 Å². The molecule has 1 amide bonds. The first kappa shape index (κ1) is 28.8. The van der Waals surface area contributed by atoms with Crippen LogP contribution in [0.15, 0.2) is 42.5 Å². The number of carbonyl (C=O) groups is 1. The molecule has 0 N–H and O–H groups in total. The Bertz CT molecular complexity index is 1130. The normalized spacial score (nSPS) is 11.7. The van der Waals surface area contributed by atoms with E-state index in [0.717, 1.165) is 49.5 Å². The van der Waals surface area contributed by atoms with Crippen LogP contribution in [0.25, 0.3) is 11.0 Å². The van der Waals surface area contributed by atoms with Crippen LogP contribution in [0.1, 0.15) is 88.5 Å². The Labute approximate surface area is 222 Å². The summed E-state index contributed by atoms with van der Waals surface area (Å²) < 4.78 is 16.1. The largest absolute Gasteiger partial charge is 0.331 e. The number of imidazole rings is 1. The van der Waals surface area contributed by atoms with Crippen molar-refractivity contribution in [3.05, 3.63) is 65.2 Å². The molecule has 0 fully saturated rings. The van der Waals surface area contributed by atoms with Gasteiger partial charge in [0.25, 0.3) is 5.91 Å². The van der Waals surface area contributed by atoms with Gasteiger partial charge < -0.3 is 9.47 Å². The lowest BCUT2D eigenvalue weighted by Gasteiger charge is -2.25. The molecule has 6 heteroatoms. The van der Waals surface area contributed by atoms with E-state index in [2.05, 4.69) is 62.3 Å². The Morgan fingerprint density at radius 2 is 1.70 bits per heavy atom. The molecular formula is C31H45FN4O. The molecule has 0 bridgehead atoms. The zero-order chi connectivity index (χ0) is 26.8. The standard InChI is InChI=1S/C31H45FN4O/c1-6-9-17-34(18-10-7-2)22-25-14-15-29-28(19-25)33-30(36(29)16-8-3)23-35(21-24(4)5)31(37)26-12-11-13-27(32)20-26/h11-15,19-20,24H,6-10,16-18,21-23H2,1-5H3. The van der Waals surface area contributed by atoms with Gasteiger partial charge in [-0.1, -0.05) is 59.6 Å². The molecule has 0 saturated carbocycles. The summed E-state index contributed by atoms with van der Waals surface area (Å²) >= 11 is 0. The third kappa shape index (κ3) is 8.13. The number of hydrogen-bond donors (Lipinski definition) is 0. The molecule has 202 valence electrons. The molecule has 37 heavy (non-hydrogen) atoms. The SMILES string of the molecule is CCCCN(CCCC)Cc1ccc2c(c1)nc(CN(CC(C)C)C(=O)c1cccc(F)c1)n2CCC. The van der Waals surface area contributed by atoms with E-state index in [-0.39, 0.29) is 11.8 Å². The van der Waals surface area contributed by atoms with Gasteiger partial charge in [-0.25, -0.2) is 9.37 Å². The van der Waals surface area contributed by atoms with Crippen LogP contribution >= 0.6 is 0 Å². The molecule has 3 aromatic rings. The summed E-state index contributed by atoms with van der Waals surface area (Å²) in [6.45, 7) is 15.8. The van der Waals surface area contributed by atoms with Gasteiger partial charge in [0.05, 0.1) is 17.6 Å². The van der Waals surface area contributed by atoms with Crippen LogP contribution in [0.5, 0.6) is 0 Å². The molecule has 0 aliphatic carbocycles. The van der Waals surface area contributed by atoms with Gasteiger partial charge in [-0.2, -0.15) is 0 Å². The number of unbranched alkanes of at least 4 members (excludes halogenated alkanes) is 2. The van der Waals surface area contributed by atoms with Gasteiger partial charge in [0.15, 0.2) is 0 Å². The van der Waals surface area contributed by atoms with E-state index < -0.39 is 5.82 Å². The number of carbonyl (C=O) groups excluding carboxylic acids is 1. The molecule has 0 unspecified atom stereocenters. The topological polar surface area (TPSA) is 41.4 Å². The number of aromatic nitrogens is 2. The molecule has 0 atom stereocenters. The van der Waals surface area contributed by atoms with Gasteiger partial charge in [0.1, 0.15) is 11.6 Å². The molecule has 0 radical (unpaired) electrons. The summed E-state index contributed by atoms with van der Waals surface area (Å²) in [7, 11) is 0. The average molecular weight is 509 g/mol. The first-order valence-corrected chi connectivity index (χ1v) is 14.1. The van der Waals surface area contributed by atoms with E-state index in [1.807, 2.05) is 4.90 Å². The Hall–Kier alpha value is -2.73. The van der Waals surface area contributed by atoms with E-state index in [1.54, 1.807) is 12.1 Å². The zero-order valence-electron chi connectivity index (χ0n) is 23.5. The lowest BCUT2D eigenvalue weighted by molar-refractivity contribution is 0.0715. The van der Waals surface area contributed by atoms with Gasteiger partial charge in [-0.3, -0.25) is 9.69 Å². The third-order valence-electron chi connectivity index (χ3n) is 6.68. The van der Waals surface area contributed by atoms with Gasteiger partial charge >= 0.3 is 0 Å². The molecule has 0 saturated heterocycles. The van der Waals surface area contributed by atoms with Gasteiger partial charge in [0, 0.05) is 25.2 Å². The van der Waals surface area contributed by atoms with Crippen molar-refractivity contribution in [3.8, 4) is 0 Å². The number of nitrogens with zero attached hydrogens (tertiary/aromatic N) is 4. The fraction of sp³-hybridized carbons (Fsp3) is 0.548. The smallest absolute Gasteiger partial charge is 0.254 e. The zero-order valence-corrected chi connectivity index (χ0v) is 23.5. The maximum absolute atomic E-state index is 13.9. The van der Waals surface area contributed by atoms with E-state index in [1.165, 1.54) is 43.4 Å². The predicted octanol–water partition coefficient (Wildman–Crippen LogP) is 7.29. The van der Waals surface area contributed by atoms with Crippen LogP contribution in [0.4, 0.5) is 4.39 Å². The first-order valence-electron chi connectivity index (χ1n) is 14.1. The average Bonchev–Trinajstić information content (AvgIpc) is 3.20. The highest BCUT2D eigenvalue weighted by atomic mass is 19.1. The van der Waals surface area contributed by atoms with Crippen LogP contribution < -0.4 is 0 Å². The van der Waals surface area contributed by atoms with Crippen LogP contribution in [0, 0.1) is 11.7 Å². The summed E-state index contributed by atoms with van der Waals surface area (Å²) in [5.74, 6) is 0.609. The third-order valence-corrected chi connectivity index (χ3v) is 6.68. The van der Waals surface area contributed by atoms with Crippen LogP contribution in [0.3, 0.4) is 0 Å². The second kappa shape index (κ2) is 14.3. The number of amides is 1. The fourth-order valence-electron chi connectivity index (χ4n) is 4.84. The Kier molecular flexibility index (Phi) is 11.1. The van der Waals surface area contributed by atoms with Crippen LogP contribution in [-0.4, -0.2) is 44.9 Å². The fourth-order valence-corrected chi connectivity index (χ4v) is 4.84. The summed E-state index contributed by atoms with van der Waals surface area (Å²) in [6.07, 6.45) is 5.81. The second-order valence-corrected chi connectivity index (χ2v) is 10.6. The molecule has 0 aliphatic heterocycles. The van der Waals surface area contributed by atoms with Crippen LogP contribution in [-0.2, 0) is 19.6 Å². The van der Waals surface area contributed by atoms with E-state index >= 15 is 0 Å². The number of rotatable bonds is 15. The Morgan fingerprint density at radius 1 is 0.973 bits per heavy atom. The van der Waals surface area contributed by atoms with Crippen molar-refractivity contribution in [2.75, 3.05) is 19.6 Å². The van der Waals surface area contributed by atoms with Crippen molar-refractivity contribution in [1.29, 1.82) is 0 Å². The molecule has 3 rings (SSSR count). The minimum absolute atomic E-state index is 0.161. The molecule has 0 aliphatic rings. The van der Waals surface area contributed by atoms with E-state index in [0.29, 0.717) is 18.7 Å². The lowest BCUT2D eigenvalue weighted by atomic mass is 10.1. The van der Waals surface area contributed by atoms with Gasteiger partial charge in [0.2, 0.25) is 0 Å². The maximum Gasteiger partial charge on any atom is 0.254 e.